The van der Waals surface area contributed by atoms with E-state index in [9.17, 15) is 4.79 Å². The van der Waals surface area contributed by atoms with Gasteiger partial charge < -0.3 is 10.8 Å². The van der Waals surface area contributed by atoms with Gasteiger partial charge in [-0.15, -0.1) is 0 Å². The molecule has 3 N–H and O–H groups in total. The number of aromatic amines is 1. The van der Waals surface area contributed by atoms with Crippen molar-refractivity contribution in [2.24, 2.45) is 5.73 Å². The van der Waals surface area contributed by atoms with Crippen LogP contribution in [0.4, 0.5) is 0 Å². The molecular weight excluding hydrogens is 226 g/mol. The van der Waals surface area contributed by atoms with E-state index in [1.807, 2.05) is 36.0 Å². The maximum atomic E-state index is 11.4. The molecule has 1 heterocycles. The van der Waals surface area contributed by atoms with Crippen molar-refractivity contribution in [2.45, 2.75) is 19.5 Å². The van der Waals surface area contributed by atoms with Gasteiger partial charge in [-0.2, -0.15) is 0 Å². The van der Waals surface area contributed by atoms with Gasteiger partial charge in [-0.05, 0) is 30.5 Å². The number of fused-ring (bicyclic) bond motifs is 3. The molecule has 0 spiro atoms. The highest BCUT2D eigenvalue weighted by Gasteiger charge is 2.07. The molecule has 0 fully saturated rings. The number of nitrogens with two attached hydrogens (primary N) is 1. The number of nitrogens with one attached hydrogen (secondary N) is 1. The van der Waals surface area contributed by atoms with E-state index in [-0.39, 0.29) is 11.5 Å². The van der Waals surface area contributed by atoms with Crippen molar-refractivity contribution in [3.63, 3.8) is 0 Å². The maximum absolute atomic E-state index is 11.4. The van der Waals surface area contributed by atoms with Gasteiger partial charge in [0.25, 0.3) is 0 Å². The quantitative estimate of drug-likeness (QED) is 0.719. The van der Waals surface area contributed by atoms with Gasteiger partial charge in [-0.3, -0.25) is 9.48 Å². The number of benzene rings is 2. The van der Waals surface area contributed by atoms with Crippen LogP contribution in [0.5, 0.6) is 0 Å². The van der Waals surface area contributed by atoms with Crippen LogP contribution < -0.4 is 11.2 Å². The standard InChI is InChI=1S/C14H15N3O/c1-9(15)8-17-14-11(7-16-17)3-2-10-6-12(18)4-5-13(10)14/h2-7,9,16H,8,15H2,1H3/t9-/m0/s1. The minimum atomic E-state index is 0.0381. The van der Waals surface area contributed by atoms with Gasteiger partial charge in [0.2, 0.25) is 0 Å². The van der Waals surface area contributed by atoms with Crippen LogP contribution in [0.15, 0.2) is 41.3 Å². The van der Waals surface area contributed by atoms with E-state index in [2.05, 4.69) is 5.10 Å². The summed E-state index contributed by atoms with van der Waals surface area (Å²) in [6.07, 6.45) is 1.96. The van der Waals surface area contributed by atoms with Crippen LogP contribution in [-0.4, -0.2) is 15.8 Å². The first-order chi connectivity index (χ1) is 8.65. The van der Waals surface area contributed by atoms with E-state index in [0.29, 0.717) is 0 Å². The van der Waals surface area contributed by atoms with Gasteiger partial charge >= 0.3 is 0 Å². The van der Waals surface area contributed by atoms with Crippen molar-refractivity contribution in [2.75, 3.05) is 0 Å². The number of nitrogens with zero attached hydrogens (tertiary/aromatic N) is 1. The van der Waals surface area contributed by atoms with Crippen molar-refractivity contribution in [3.8, 4) is 0 Å². The molecule has 4 nitrogen and oxygen atoms in total. The fraction of sp³-hybridized carbons (Fsp3) is 0.214. The zero-order valence-corrected chi connectivity index (χ0v) is 10.2. The molecular formula is C14H15N3O. The Labute approximate surface area is 104 Å². The molecule has 18 heavy (non-hydrogen) atoms. The lowest BCUT2D eigenvalue weighted by Crippen LogP contribution is -2.22. The molecule has 3 aromatic rings. The largest absolute Gasteiger partial charge is 0.326 e. The average molecular weight is 241 g/mol. The lowest BCUT2D eigenvalue weighted by atomic mass is 10.1. The topological polar surface area (TPSA) is 63.8 Å². The van der Waals surface area contributed by atoms with Gasteiger partial charge in [0.15, 0.2) is 5.43 Å². The number of hydrogen-bond donors (Lipinski definition) is 2. The monoisotopic (exact) mass is 241 g/mol. The molecule has 3 rings (SSSR count). The minimum absolute atomic E-state index is 0.0381. The molecule has 0 aliphatic heterocycles. The molecule has 0 aliphatic rings. The Bertz CT molecular complexity index is 767. The summed E-state index contributed by atoms with van der Waals surface area (Å²) in [5, 5.41) is 6.38. The van der Waals surface area contributed by atoms with Gasteiger partial charge in [-0.1, -0.05) is 12.1 Å². The normalized spacial score (nSPS) is 13.2. The summed E-state index contributed by atoms with van der Waals surface area (Å²) < 4.78 is 2.03. The smallest absolute Gasteiger partial charge is 0.179 e. The Morgan fingerprint density at radius 2 is 2.06 bits per heavy atom. The minimum Gasteiger partial charge on any atom is -0.326 e. The summed E-state index contributed by atoms with van der Waals surface area (Å²) in [6, 6.07) is 9.22. The van der Waals surface area contributed by atoms with E-state index >= 15 is 0 Å². The highest BCUT2D eigenvalue weighted by molar-refractivity contribution is 6.05. The molecule has 0 saturated heterocycles. The molecule has 92 valence electrons. The summed E-state index contributed by atoms with van der Waals surface area (Å²) in [7, 11) is 0. The van der Waals surface area contributed by atoms with Crippen molar-refractivity contribution in [1.29, 1.82) is 0 Å². The summed E-state index contributed by atoms with van der Waals surface area (Å²) in [5.41, 5.74) is 6.99. The molecule has 0 aliphatic carbocycles. The molecule has 0 bridgehead atoms. The lowest BCUT2D eigenvalue weighted by Gasteiger charge is -2.09. The van der Waals surface area contributed by atoms with Crippen molar-refractivity contribution in [1.82, 2.24) is 9.78 Å². The molecule has 0 unspecified atom stereocenters. The van der Waals surface area contributed by atoms with E-state index < -0.39 is 0 Å². The predicted octanol–water partition coefficient (Wildman–Crippen LogP) is 1.83. The van der Waals surface area contributed by atoms with Crippen LogP contribution in [0.25, 0.3) is 21.7 Å². The summed E-state index contributed by atoms with van der Waals surface area (Å²) in [4.78, 5) is 11.4. The van der Waals surface area contributed by atoms with Gasteiger partial charge in [0.05, 0.1) is 12.1 Å². The zero-order chi connectivity index (χ0) is 12.7. The Morgan fingerprint density at radius 1 is 1.28 bits per heavy atom. The first kappa shape index (κ1) is 11.0. The second kappa shape index (κ2) is 3.99. The maximum Gasteiger partial charge on any atom is 0.179 e. The zero-order valence-electron chi connectivity index (χ0n) is 10.2. The number of hydrogen-bond acceptors (Lipinski definition) is 2. The van der Waals surface area contributed by atoms with E-state index in [1.165, 1.54) is 0 Å². The molecule has 2 aromatic carbocycles. The Kier molecular flexibility index (Phi) is 2.45. The van der Waals surface area contributed by atoms with Crippen LogP contribution in [0, 0.1) is 0 Å². The van der Waals surface area contributed by atoms with E-state index in [0.717, 1.165) is 28.2 Å². The van der Waals surface area contributed by atoms with E-state index in [4.69, 9.17) is 5.73 Å². The molecule has 0 amide bonds. The van der Waals surface area contributed by atoms with Crippen LogP contribution in [0.1, 0.15) is 6.92 Å². The van der Waals surface area contributed by atoms with Crippen LogP contribution in [-0.2, 0) is 6.54 Å². The second-order valence-electron chi connectivity index (χ2n) is 4.75. The third kappa shape index (κ3) is 1.71. The van der Waals surface area contributed by atoms with Crippen molar-refractivity contribution in [3.05, 3.63) is 46.8 Å². The van der Waals surface area contributed by atoms with Crippen molar-refractivity contribution >= 4 is 21.7 Å². The van der Waals surface area contributed by atoms with Gasteiger partial charge in [0, 0.05) is 23.0 Å². The summed E-state index contributed by atoms with van der Waals surface area (Å²) in [6.45, 7) is 2.70. The van der Waals surface area contributed by atoms with E-state index in [1.54, 1.807) is 12.1 Å². The summed E-state index contributed by atoms with van der Waals surface area (Å²) in [5.74, 6) is 0. The third-order valence-electron chi connectivity index (χ3n) is 3.11. The lowest BCUT2D eigenvalue weighted by molar-refractivity contribution is 0.554. The average Bonchev–Trinajstić information content (AvgIpc) is 2.71. The number of aromatic nitrogens is 2. The second-order valence-corrected chi connectivity index (χ2v) is 4.75. The fourth-order valence-electron chi connectivity index (χ4n) is 2.37. The molecule has 1 aromatic heterocycles. The van der Waals surface area contributed by atoms with Crippen LogP contribution in [0.3, 0.4) is 0 Å². The highest BCUT2D eigenvalue weighted by atomic mass is 16.1. The Balaban J connectivity index is 2.36. The van der Waals surface area contributed by atoms with Crippen LogP contribution in [0.2, 0.25) is 0 Å². The summed E-state index contributed by atoms with van der Waals surface area (Å²) >= 11 is 0. The fourth-order valence-corrected chi connectivity index (χ4v) is 2.37. The Hall–Kier alpha value is -2.07. The van der Waals surface area contributed by atoms with Gasteiger partial charge in [0.1, 0.15) is 0 Å². The van der Waals surface area contributed by atoms with Crippen LogP contribution >= 0.6 is 0 Å². The number of H-pyrrole nitrogens is 1. The molecule has 0 saturated carbocycles. The first-order valence-electron chi connectivity index (χ1n) is 6.01. The first-order valence-corrected chi connectivity index (χ1v) is 6.01. The van der Waals surface area contributed by atoms with Gasteiger partial charge in [-0.25, -0.2) is 0 Å². The SMILES string of the molecule is C[C@H](N)Cn1[nH]cc2ccc3cc(=O)ccc3c21. The predicted molar refractivity (Wildman–Crippen MR) is 73.7 cm³/mol. The third-order valence-corrected chi connectivity index (χ3v) is 3.11. The Morgan fingerprint density at radius 3 is 2.83 bits per heavy atom. The molecule has 0 radical (unpaired) electrons. The van der Waals surface area contributed by atoms with Crippen molar-refractivity contribution < 1.29 is 0 Å². The number of rotatable bonds is 2. The highest BCUT2D eigenvalue weighted by Crippen LogP contribution is 2.24. The molecule has 4 heteroatoms. The molecule has 1 atom stereocenters.